The van der Waals surface area contributed by atoms with Gasteiger partial charge in [0.05, 0.1) is 20.6 Å². The molecule has 19 heavy (non-hydrogen) atoms. The van der Waals surface area contributed by atoms with Gasteiger partial charge in [-0.3, -0.25) is 4.79 Å². The fourth-order valence-electron chi connectivity index (χ4n) is 1.66. The van der Waals surface area contributed by atoms with Crippen LogP contribution in [-0.2, 0) is 16.0 Å². The minimum Gasteiger partial charge on any atom is -0.493 e. The van der Waals surface area contributed by atoms with E-state index in [2.05, 4.69) is 0 Å². The van der Waals surface area contributed by atoms with Crippen LogP contribution in [-0.4, -0.2) is 36.4 Å². The van der Waals surface area contributed by atoms with Crippen molar-refractivity contribution in [2.24, 2.45) is 0 Å². The van der Waals surface area contributed by atoms with Gasteiger partial charge in [0.1, 0.15) is 0 Å². The zero-order chi connectivity index (χ0) is 14.4. The topological polar surface area (TPSA) is 93.1 Å². The van der Waals surface area contributed by atoms with Crippen LogP contribution in [0.3, 0.4) is 0 Å². The van der Waals surface area contributed by atoms with Crippen LogP contribution in [0.2, 0.25) is 0 Å². The number of aliphatic carboxylic acids is 2. The van der Waals surface area contributed by atoms with Crippen LogP contribution in [0.5, 0.6) is 11.5 Å². The monoisotopic (exact) mass is 266 g/mol. The van der Waals surface area contributed by atoms with Crippen molar-refractivity contribution >= 4 is 18.0 Å². The summed E-state index contributed by atoms with van der Waals surface area (Å²) in [4.78, 5) is 21.4. The molecule has 0 saturated heterocycles. The molecule has 0 aliphatic heterocycles. The van der Waals surface area contributed by atoms with E-state index in [1.807, 2.05) is 0 Å². The molecule has 1 aromatic rings. The van der Waals surface area contributed by atoms with Crippen molar-refractivity contribution in [2.45, 2.75) is 6.42 Å². The maximum absolute atomic E-state index is 10.9. The van der Waals surface area contributed by atoms with Crippen molar-refractivity contribution in [1.29, 1.82) is 0 Å². The highest BCUT2D eigenvalue weighted by molar-refractivity contribution is 5.86. The number of hydrogen-bond donors (Lipinski definition) is 2. The van der Waals surface area contributed by atoms with Crippen LogP contribution in [0.1, 0.15) is 11.1 Å². The minimum atomic E-state index is -1.11. The molecule has 102 valence electrons. The number of carbonyl (C=O) groups is 2. The van der Waals surface area contributed by atoms with Crippen molar-refractivity contribution < 1.29 is 29.3 Å². The summed E-state index contributed by atoms with van der Waals surface area (Å²) in [6, 6.07) is 3.17. The van der Waals surface area contributed by atoms with Gasteiger partial charge < -0.3 is 19.7 Å². The molecule has 0 amide bonds. The first-order valence-electron chi connectivity index (χ1n) is 5.36. The number of hydrogen-bond acceptors (Lipinski definition) is 4. The average Bonchev–Trinajstić information content (AvgIpc) is 2.35. The molecule has 0 radical (unpaired) electrons. The standard InChI is InChI=1S/C13H14O6/c1-18-10-5-3-8(4-6-11(14)15)9(7-12(16)17)13(10)19-2/h3-6H,7H2,1-2H3,(H,14,15)(H,16,17)/b6-4+. The quantitative estimate of drug-likeness (QED) is 0.756. The summed E-state index contributed by atoms with van der Waals surface area (Å²) >= 11 is 0. The summed E-state index contributed by atoms with van der Waals surface area (Å²) < 4.78 is 10.2. The third kappa shape index (κ3) is 3.74. The molecule has 0 spiro atoms. The number of carboxylic acids is 2. The van der Waals surface area contributed by atoms with Crippen LogP contribution in [0.4, 0.5) is 0 Å². The van der Waals surface area contributed by atoms with E-state index in [4.69, 9.17) is 19.7 Å². The normalized spacial score (nSPS) is 10.4. The van der Waals surface area contributed by atoms with Gasteiger partial charge in [-0.1, -0.05) is 6.07 Å². The van der Waals surface area contributed by atoms with E-state index in [0.29, 0.717) is 16.9 Å². The third-order valence-electron chi connectivity index (χ3n) is 2.42. The molecule has 1 rings (SSSR count). The molecular formula is C13H14O6. The lowest BCUT2D eigenvalue weighted by Gasteiger charge is -2.14. The van der Waals surface area contributed by atoms with E-state index in [-0.39, 0.29) is 12.2 Å². The Morgan fingerprint density at radius 3 is 2.37 bits per heavy atom. The Morgan fingerprint density at radius 2 is 1.89 bits per heavy atom. The Kier molecular flexibility index (Phi) is 4.93. The predicted octanol–water partition coefficient (Wildman–Crippen LogP) is 1.43. The summed E-state index contributed by atoms with van der Waals surface area (Å²) in [5.41, 5.74) is 0.828. The van der Waals surface area contributed by atoms with Crippen LogP contribution in [0.25, 0.3) is 6.08 Å². The maximum Gasteiger partial charge on any atom is 0.328 e. The Morgan fingerprint density at radius 1 is 1.21 bits per heavy atom. The molecule has 0 aromatic heterocycles. The van der Waals surface area contributed by atoms with Gasteiger partial charge in [-0.05, 0) is 17.7 Å². The highest BCUT2D eigenvalue weighted by Gasteiger charge is 2.16. The summed E-state index contributed by atoms with van der Waals surface area (Å²) in [6.07, 6.45) is 1.97. The van der Waals surface area contributed by atoms with E-state index in [1.165, 1.54) is 20.3 Å². The molecular weight excluding hydrogens is 252 g/mol. The molecule has 0 unspecified atom stereocenters. The van der Waals surface area contributed by atoms with Crippen molar-refractivity contribution in [1.82, 2.24) is 0 Å². The van der Waals surface area contributed by atoms with Gasteiger partial charge in [0.15, 0.2) is 11.5 Å². The van der Waals surface area contributed by atoms with Crippen LogP contribution < -0.4 is 9.47 Å². The van der Waals surface area contributed by atoms with Crippen molar-refractivity contribution in [3.05, 3.63) is 29.3 Å². The smallest absolute Gasteiger partial charge is 0.328 e. The second-order valence-electron chi connectivity index (χ2n) is 3.61. The van der Waals surface area contributed by atoms with Gasteiger partial charge in [-0.25, -0.2) is 4.79 Å². The summed E-state index contributed by atoms with van der Waals surface area (Å²) in [6.45, 7) is 0. The fraction of sp³-hybridized carbons (Fsp3) is 0.231. The SMILES string of the molecule is COc1ccc(/C=C/C(=O)O)c(CC(=O)O)c1OC. The van der Waals surface area contributed by atoms with Gasteiger partial charge >= 0.3 is 11.9 Å². The van der Waals surface area contributed by atoms with Gasteiger partial charge in [0.25, 0.3) is 0 Å². The third-order valence-corrected chi connectivity index (χ3v) is 2.42. The lowest BCUT2D eigenvalue weighted by Crippen LogP contribution is -2.06. The highest BCUT2D eigenvalue weighted by Crippen LogP contribution is 2.34. The lowest BCUT2D eigenvalue weighted by atomic mass is 10.0. The highest BCUT2D eigenvalue weighted by atomic mass is 16.5. The van der Waals surface area contributed by atoms with Gasteiger partial charge in [-0.2, -0.15) is 0 Å². The second-order valence-corrected chi connectivity index (χ2v) is 3.61. The zero-order valence-electron chi connectivity index (χ0n) is 10.5. The van der Waals surface area contributed by atoms with Gasteiger partial charge in [0, 0.05) is 11.6 Å². The van der Waals surface area contributed by atoms with Crippen LogP contribution in [0, 0.1) is 0 Å². The molecule has 2 N–H and O–H groups in total. The van der Waals surface area contributed by atoms with E-state index in [1.54, 1.807) is 12.1 Å². The number of rotatable bonds is 6. The Balaban J connectivity index is 3.37. The molecule has 0 aliphatic carbocycles. The number of benzene rings is 1. The fourth-order valence-corrected chi connectivity index (χ4v) is 1.66. The Labute approximate surface area is 109 Å². The molecule has 6 nitrogen and oxygen atoms in total. The average molecular weight is 266 g/mol. The number of ether oxygens (including phenoxy) is 2. The Hall–Kier alpha value is -2.50. The van der Waals surface area contributed by atoms with Gasteiger partial charge in [-0.15, -0.1) is 0 Å². The lowest BCUT2D eigenvalue weighted by molar-refractivity contribution is -0.136. The molecule has 0 fully saturated rings. The second kappa shape index (κ2) is 6.44. The van der Waals surface area contributed by atoms with E-state index in [0.717, 1.165) is 6.08 Å². The summed E-state index contributed by atoms with van der Waals surface area (Å²) in [5, 5.41) is 17.5. The maximum atomic E-state index is 10.9. The predicted molar refractivity (Wildman–Crippen MR) is 67.6 cm³/mol. The summed E-state index contributed by atoms with van der Waals surface area (Å²) in [7, 11) is 2.84. The summed E-state index contributed by atoms with van der Waals surface area (Å²) in [5.74, 6) is -1.48. The number of methoxy groups -OCH3 is 2. The van der Waals surface area contributed by atoms with E-state index >= 15 is 0 Å². The largest absolute Gasteiger partial charge is 0.493 e. The molecule has 0 aliphatic rings. The molecule has 0 atom stereocenters. The number of carboxylic acid groups (broad SMARTS) is 2. The van der Waals surface area contributed by atoms with Crippen molar-refractivity contribution in [3.8, 4) is 11.5 Å². The molecule has 1 aromatic carbocycles. The molecule has 6 heteroatoms. The minimum absolute atomic E-state index is 0.289. The first kappa shape index (κ1) is 14.6. The van der Waals surface area contributed by atoms with E-state index in [9.17, 15) is 9.59 Å². The van der Waals surface area contributed by atoms with E-state index < -0.39 is 11.9 Å². The molecule has 0 heterocycles. The van der Waals surface area contributed by atoms with Crippen LogP contribution >= 0.6 is 0 Å². The molecule has 0 saturated carbocycles. The van der Waals surface area contributed by atoms with Crippen LogP contribution in [0.15, 0.2) is 18.2 Å². The first-order valence-corrected chi connectivity index (χ1v) is 5.36. The van der Waals surface area contributed by atoms with Gasteiger partial charge in [0.2, 0.25) is 0 Å². The van der Waals surface area contributed by atoms with Crippen molar-refractivity contribution in [3.63, 3.8) is 0 Å². The Bertz CT molecular complexity index is 518. The van der Waals surface area contributed by atoms with Crippen molar-refractivity contribution in [2.75, 3.05) is 14.2 Å². The zero-order valence-corrected chi connectivity index (χ0v) is 10.5. The first-order chi connectivity index (χ1) is 8.99. The molecule has 0 bridgehead atoms.